The lowest BCUT2D eigenvalue weighted by Gasteiger charge is -2.41. The fourth-order valence-electron chi connectivity index (χ4n) is 4.98. The van der Waals surface area contributed by atoms with Crippen LogP contribution in [0, 0.1) is 17.2 Å². The van der Waals surface area contributed by atoms with Crippen LogP contribution in [-0.4, -0.2) is 46.5 Å². The minimum Gasteiger partial charge on any atom is -0.352 e. The molecule has 7 heteroatoms. The third-order valence-electron chi connectivity index (χ3n) is 6.97. The predicted octanol–water partition coefficient (Wildman–Crippen LogP) is 4.92. The first-order valence-corrected chi connectivity index (χ1v) is 12.2. The zero-order valence-electron chi connectivity index (χ0n) is 18.9. The molecule has 0 N–H and O–H groups in total. The Hall–Kier alpha value is -3.43. The number of anilines is 1. The van der Waals surface area contributed by atoms with Crippen molar-refractivity contribution in [2.45, 2.75) is 31.7 Å². The number of carbonyl (C=O) groups is 1. The van der Waals surface area contributed by atoms with Crippen LogP contribution in [0.25, 0.3) is 22.0 Å². The minimum absolute atomic E-state index is 0.0236. The lowest BCUT2D eigenvalue weighted by molar-refractivity contribution is -0.134. The Bertz CT molecular complexity index is 1380. The van der Waals surface area contributed by atoms with E-state index in [1.165, 1.54) is 0 Å². The Morgan fingerprint density at radius 2 is 1.91 bits per heavy atom. The number of halogens is 1. The Labute approximate surface area is 203 Å². The molecular formula is C27H24ClN5O. The van der Waals surface area contributed by atoms with Gasteiger partial charge in [0.1, 0.15) is 17.0 Å². The van der Waals surface area contributed by atoms with Crippen molar-refractivity contribution in [3.05, 3.63) is 65.0 Å². The van der Waals surface area contributed by atoms with Crippen LogP contribution < -0.4 is 4.90 Å². The maximum atomic E-state index is 12.6. The van der Waals surface area contributed by atoms with Crippen LogP contribution in [0.1, 0.15) is 36.9 Å². The van der Waals surface area contributed by atoms with E-state index in [0.29, 0.717) is 36.3 Å². The minimum atomic E-state index is -0.0236. The Morgan fingerprint density at radius 1 is 1.12 bits per heavy atom. The molecule has 0 spiro atoms. The van der Waals surface area contributed by atoms with Gasteiger partial charge in [0.15, 0.2) is 0 Å². The van der Waals surface area contributed by atoms with E-state index in [1.807, 2.05) is 53.5 Å². The number of amides is 1. The van der Waals surface area contributed by atoms with E-state index < -0.39 is 0 Å². The summed E-state index contributed by atoms with van der Waals surface area (Å²) >= 11 is 6.39. The average Bonchev–Trinajstić information content (AvgIpc) is 3.75. The molecule has 1 saturated carbocycles. The number of piperazine rings is 1. The van der Waals surface area contributed by atoms with Crippen molar-refractivity contribution in [3.63, 3.8) is 0 Å². The number of nitrogens with zero attached hydrogens (tertiary/aromatic N) is 5. The molecule has 0 radical (unpaired) electrons. The molecule has 170 valence electrons. The van der Waals surface area contributed by atoms with Gasteiger partial charge in [0.05, 0.1) is 22.7 Å². The highest BCUT2D eigenvalue weighted by molar-refractivity contribution is 6.30. The lowest BCUT2D eigenvalue weighted by atomic mass is 9.96. The van der Waals surface area contributed by atoms with E-state index >= 15 is 0 Å². The van der Waals surface area contributed by atoms with Gasteiger partial charge in [0.2, 0.25) is 5.91 Å². The van der Waals surface area contributed by atoms with Crippen molar-refractivity contribution in [2.75, 3.05) is 24.5 Å². The van der Waals surface area contributed by atoms with Gasteiger partial charge < -0.3 is 9.80 Å². The number of hydrogen-bond acceptors (Lipinski definition) is 5. The highest BCUT2D eigenvalue weighted by atomic mass is 35.5. The number of aromatic nitrogens is 2. The van der Waals surface area contributed by atoms with Crippen molar-refractivity contribution >= 4 is 34.2 Å². The molecule has 1 aliphatic heterocycles. The average molecular weight is 470 g/mol. The fraction of sp³-hybridized carbons (Fsp3) is 0.333. The second kappa shape index (κ2) is 8.11. The normalized spacial score (nSPS) is 20.0. The van der Waals surface area contributed by atoms with Crippen LogP contribution in [-0.2, 0) is 4.79 Å². The standard InChI is InChI=1S/C27H24ClN5O/c1-16-15-32(10-11-33(16)27(34)18-8-9-18)26-19(14-29)12-22(25(31-26)17-6-7-17)21-13-24(28)30-23-5-3-2-4-20(21)23/h2-5,8-9,12-13,16-18H,6-7,10-11,15H2,1H3. The van der Waals surface area contributed by atoms with Crippen molar-refractivity contribution in [1.82, 2.24) is 14.9 Å². The monoisotopic (exact) mass is 469 g/mol. The number of hydrogen-bond donors (Lipinski definition) is 0. The summed E-state index contributed by atoms with van der Waals surface area (Å²) in [5.74, 6) is 1.26. The third-order valence-corrected chi connectivity index (χ3v) is 7.17. The van der Waals surface area contributed by atoms with Crippen molar-refractivity contribution < 1.29 is 4.79 Å². The molecule has 3 aliphatic rings. The first kappa shape index (κ1) is 21.1. The molecule has 34 heavy (non-hydrogen) atoms. The second-order valence-electron chi connectivity index (χ2n) is 9.43. The smallest absolute Gasteiger partial charge is 0.233 e. The molecule has 1 saturated heterocycles. The quantitative estimate of drug-likeness (QED) is 0.400. The lowest BCUT2D eigenvalue weighted by Crippen LogP contribution is -2.55. The van der Waals surface area contributed by atoms with Gasteiger partial charge in [-0.3, -0.25) is 4.79 Å². The predicted molar refractivity (Wildman–Crippen MR) is 133 cm³/mol. The fourth-order valence-corrected chi connectivity index (χ4v) is 5.18. The molecule has 3 aromatic rings. The van der Waals surface area contributed by atoms with Gasteiger partial charge in [-0.2, -0.15) is 5.26 Å². The van der Waals surface area contributed by atoms with Crippen LogP contribution in [0.3, 0.4) is 0 Å². The largest absolute Gasteiger partial charge is 0.352 e. The van der Waals surface area contributed by atoms with Gasteiger partial charge in [-0.1, -0.05) is 42.0 Å². The summed E-state index contributed by atoms with van der Waals surface area (Å²) < 4.78 is 0. The van der Waals surface area contributed by atoms with Gasteiger partial charge >= 0.3 is 0 Å². The van der Waals surface area contributed by atoms with E-state index in [4.69, 9.17) is 16.6 Å². The van der Waals surface area contributed by atoms with Crippen LogP contribution in [0.2, 0.25) is 5.15 Å². The van der Waals surface area contributed by atoms with Crippen LogP contribution in [0.5, 0.6) is 0 Å². The molecule has 6 nitrogen and oxygen atoms in total. The third kappa shape index (κ3) is 3.70. The summed E-state index contributed by atoms with van der Waals surface area (Å²) in [5.41, 5.74) is 4.33. The van der Waals surface area contributed by atoms with Gasteiger partial charge in [-0.15, -0.1) is 0 Å². The molecule has 1 atom stereocenters. The number of carbonyl (C=O) groups excluding carboxylic acids is 1. The molecule has 6 rings (SSSR count). The molecule has 0 bridgehead atoms. The number of benzene rings is 1. The summed E-state index contributed by atoms with van der Waals surface area (Å²) in [5, 5.41) is 11.5. The molecule has 2 fully saturated rings. The van der Waals surface area contributed by atoms with Crippen LogP contribution >= 0.6 is 11.6 Å². The number of para-hydroxylation sites is 1. The summed E-state index contributed by atoms with van der Waals surface area (Å²) in [6, 6.07) is 14.2. The molecule has 1 unspecified atom stereocenters. The van der Waals surface area contributed by atoms with E-state index in [0.717, 1.165) is 46.4 Å². The van der Waals surface area contributed by atoms with Gasteiger partial charge in [0, 0.05) is 42.5 Å². The van der Waals surface area contributed by atoms with E-state index in [9.17, 15) is 10.1 Å². The maximum absolute atomic E-state index is 12.6. The molecule has 3 heterocycles. The second-order valence-corrected chi connectivity index (χ2v) is 9.81. The highest BCUT2D eigenvalue weighted by Gasteiger charge is 2.35. The van der Waals surface area contributed by atoms with Crippen molar-refractivity contribution in [1.29, 1.82) is 5.26 Å². The zero-order valence-corrected chi connectivity index (χ0v) is 19.7. The van der Waals surface area contributed by atoms with E-state index in [2.05, 4.69) is 22.9 Å². The number of pyridine rings is 2. The molecular weight excluding hydrogens is 446 g/mol. The zero-order chi connectivity index (χ0) is 23.4. The molecule has 2 aliphatic carbocycles. The first-order chi connectivity index (χ1) is 16.5. The van der Waals surface area contributed by atoms with Crippen molar-refractivity contribution in [2.24, 2.45) is 5.92 Å². The summed E-state index contributed by atoms with van der Waals surface area (Å²) in [6.45, 7) is 4.03. The number of nitriles is 1. The topological polar surface area (TPSA) is 73.1 Å². The van der Waals surface area contributed by atoms with Gasteiger partial charge in [0.25, 0.3) is 0 Å². The number of fused-ring (bicyclic) bond motifs is 1. The first-order valence-electron chi connectivity index (χ1n) is 11.8. The Kier molecular flexibility index (Phi) is 5.04. The molecule has 1 aromatic carbocycles. The Morgan fingerprint density at radius 3 is 2.62 bits per heavy atom. The van der Waals surface area contributed by atoms with Crippen molar-refractivity contribution in [3.8, 4) is 17.2 Å². The van der Waals surface area contributed by atoms with Gasteiger partial charge in [-0.25, -0.2) is 9.97 Å². The SMILES string of the molecule is CC1CN(c2nc(C3CC3)c(-c3cc(Cl)nc4ccccc34)cc2C#N)CCN1C(=O)C1C=C1. The highest BCUT2D eigenvalue weighted by Crippen LogP contribution is 2.46. The number of rotatable bonds is 4. The summed E-state index contributed by atoms with van der Waals surface area (Å²) in [6.07, 6.45) is 6.06. The van der Waals surface area contributed by atoms with E-state index in [-0.39, 0.29) is 17.9 Å². The molecule has 1 amide bonds. The summed E-state index contributed by atoms with van der Waals surface area (Å²) in [4.78, 5) is 26.3. The maximum Gasteiger partial charge on any atom is 0.233 e. The van der Waals surface area contributed by atoms with Gasteiger partial charge in [-0.05, 0) is 43.5 Å². The Balaban J connectivity index is 1.41. The van der Waals surface area contributed by atoms with Crippen LogP contribution in [0.15, 0.2) is 48.6 Å². The summed E-state index contributed by atoms with van der Waals surface area (Å²) in [7, 11) is 0. The van der Waals surface area contributed by atoms with E-state index in [1.54, 1.807) is 0 Å². The van der Waals surface area contributed by atoms with Crippen LogP contribution in [0.4, 0.5) is 5.82 Å². The molecule has 2 aromatic heterocycles.